The number of aromatic nitrogens is 1. The summed E-state index contributed by atoms with van der Waals surface area (Å²) in [5, 5.41) is 6.29. The van der Waals surface area contributed by atoms with Crippen LogP contribution in [0.4, 0.5) is 17.1 Å². The molecule has 0 radical (unpaired) electrons. The molecule has 2 nitrogen and oxygen atoms in total. The number of anilines is 3. The van der Waals surface area contributed by atoms with Gasteiger partial charge in [-0.2, -0.15) is 0 Å². The van der Waals surface area contributed by atoms with Gasteiger partial charge < -0.3 is 9.47 Å². The van der Waals surface area contributed by atoms with E-state index < -0.39 is 0 Å². The van der Waals surface area contributed by atoms with Gasteiger partial charge in [-0.05, 0) is 219 Å². The number of hydrogen-bond donors (Lipinski definition) is 0. The summed E-state index contributed by atoms with van der Waals surface area (Å²) in [6.45, 7) is 9.53. The lowest BCUT2D eigenvalue weighted by Crippen LogP contribution is -2.15. The molecule has 0 bridgehead atoms. The van der Waals surface area contributed by atoms with E-state index in [0.29, 0.717) is 0 Å². The van der Waals surface area contributed by atoms with Gasteiger partial charge in [0.25, 0.3) is 0 Å². The number of rotatable bonds is 9. The Morgan fingerprint density at radius 2 is 0.739 bits per heavy atom. The molecular weight excluding hydrogens is 1060 g/mol. The predicted molar refractivity (Wildman–Crippen MR) is 372 cm³/mol. The Hall–Kier alpha value is -10.5. The molecule has 3 aliphatic rings. The first-order chi connectivity index (χ1) is 43.2. The minimum Gasteiger partial charge on any atom is -0.313 e. The van der Waals surface area contributed by atoms with Crippen molar-refractivity contribution in [3.05, 3.63) is 324 Å². The van der Waals surface area contributed by atoms with Crippen LogP contribution in [0.5, 0.6) is 0 Å². The number of nitrogens with zero attached hydrogens (tertiary/aromatic N) is 2. The van der Waals surface area contributed by atoms with Crippen LogP contribution >= 0.6 is 0 Å². The zero-order chi connectivity index (χ0) is 58.8. The monoisotopic (exact) mass is 1120 g/mol. The lowest BCUT2D eigenvalue weighted by molar-refractivity contribution is 0.660. The minimum atomic E-state index is -0.0835. The van der Waals surface area contributed by atoms with Gasteiger partial charge in [0.05, 0.1) is 5.52 Å². The van der Waals surface area contributed by atoms with Gasteiger partial charge in [0.15, 0.2) is 0 Å². The second kappa shape index (κ2) is 20.0. The standard InChI is InChI=1S/C86H64N2/c1-85(2)77-30-18-16-26-67(77)69-45-34-61(53-79(69)85)59-37-48-81-74(50-59)75-51-60(62-35-46-70-68-27-17-19-31-78(68)86(3,4)80(70)54-62)38-49-82(75)88(81)66-43-41-65(42-44-66)87(63-24-12-7-13-25-63)64-39-32-55(33-40-64)58-36-47-73-76(52-58)84(57-22-10-6-11-23-57)72-29-15-14-28-71(72)83(73)56-20-8-5-9-21-56/h5-37,39-48,50-54H,38,49H2,1-4H3. The topological polar surface area (TPSA) is 8.17 Å². The van der Waals surface area contributed by atoms with Crippen molar-refractivity contribution in [1.29, 1.82) is 0 Å². The zero-order valence-corrected chi connectivity index (χ0v) is 50.0. The molecule has 418 valence electrons. The van der Waals surface area contributed by atoms with Gasteiger partial charge in [0.2, 0.25) is 0 Å². The van der Waals surface area contributed by atoms with Gasteiger partial charge in [-0.15, -0.1) is 0 Å². The Morgan fingerprint density at radius 3 is 1.36 bits per heavy atom. The third-order valence-electron chi connectivity index (χ3n) is 19.9. The van der Waals surface area contributed by atoms with E-state index in [1.54, 1.807) is 0 Å². The molecule has 0 spiro atoms. The van der Waals surface area contributed by atoms with Crippen LogP contribution in [0.25, 0.3) is 117 Å². The molecule has 0 saturated heterocycles. The van der Waals surface area contributed by atoms with E-state index in [4.69, 9.17) is 0 Å². The summed E-state index contributed by atoms with van der Waals surface area (Å²) in [5.41, 5.74) is 31.8. The first-order valence-corrected chi connectivity index (χ1v) is 31.2. The third kappa shape index (κ3) is 8.09. The van der Waals surface area contributed by atoms with Crippen LogP contribution in [0.1, 0.15) is 73.2 Å². The average Bonchev–Trinajstić information content (AvgIpc) is 1.31. The Bertz CT molecular complexity index is 5160. The SMILES string of the molecule is CC1(C)c2ccccc2-c2ccc(C3=Cc4c(n(-c5ccc(N(c6ccccc6)c6ccc(-c7ccc8c(-c9ccccc9)c9ccccc9c(-c9ccccc9)c8c7)cc6)cc5)c5ccc(-c6ccc7c(c6)C(C)(C)c6ccccc6-7)cc45)CC3)cc21. The normalized spacial score (nSPS) is 14.1. The highest BCUT2D eigenvalue weighted by molar-refractivity contribution is 6.22. The highest BCUT2D eigenvalue weighted by Crippen LogP contribution is 2.53. The van der Waals surface area contributed by atoms with Crippen LogP contribution in [-0.2, 0) is 17.3 Å². The molecule has 0 fully saturated rings. The highest BCUT2D eigenvalue weighted by atomic mass is 15.1. The molecule has 0 aliphatic heterocycles. The first kappa shape index (κ1) is 51.8. The highest BCUT2D eigenvalue weighted by Gasteiger charge is 2.37. The maximum absolute atomic E-state index is 2.55. The number of fused-ring (bicyclic) bond motifs is 11. The molecular formula is C86H64N2. The largest absolute Gasteiger partial charge is 0.313 e. The fourth-order valence-corrected chi connectivity index (χ4v) is 15.5. The van der Waals surface area contributed by atoms with Crippen molar-refractivity contribution in [2.45, 2.75) is 51.4 Å². The molecule has 0 unspecified atom stereocenters. The van der Waals surface area contributed by atoms with Crippen molar-refractivity contribution in [3.63, 3.8) is 0 Å². The molecule has 2 heteroatoms. The van der Waals surface area contributed by atoms with Crippen LogP contribution < -0.4 is 4.90 Å². The van der Waals surface area contributed by atoms with E-state index in [1.165, 1.54) is 144 Å². The van der Waals surface area contributed by atoms with Crippen molar-refractivity contribution in [2.24, 2.45) is 0 Å². The lowest BCUT2D eigenvalue weighted by atomic mass is 9.81. The maximum Gasteiger partial charge on any atom is 0.0538 e. The van der Waals surface area contributed by atoms with E-state index in [-0.39, 0.29) is 10.8 Å². The maximum atomic E-state index is 2.55. The molecule has 88 heavy (non-hydrogen) atoms. The smallest absolute Gasteiger partial charge is 0.0538 e. The van der Waals surface area contributed by atoms with Crippen LogP contribution in [0.3, 0.4) is 0 Å². The van der Waals surface area contributed by atoms with Crippen molar-refractivity contribution in [3.8, 4) is 72.4 Å². The van der Waals surface area contributed by atoms with Gasteiger partial charge in [-0.3, -0.25) is 0 Å². The van der Waals surface area contributed by atoms with Gasteiger partial charge in [-0.25, -0.2) is 0 Å². The molecule has 0 atom stereocenters. The van der Waals surface area contributed by atoms with Gasteiger partial charge in [-0.1, -0.05) is 234 Å². The van der Waals surface area contributed by atoms with E-state index in [0.717, 1.165) is 35.6 Å². The second-order valence-electron chi connectivity index (χ2n) is 25.5. The fraction of sp³-hybridized carbons (Fsp3) is 0.0930. The summed E-state index contributed by atoms with van der Waals surface area (Å²) in [7, 11) is 0. The second-order valence-corrected chi connectivity index (χ2v) is 25.5. The Morgan fingerprint density at radius 1 is 0.307 bits per heavy atom. The minimum absolute atomic E-state index is 0.0685. The molecule has 1 aromatic heterocycles. The lowest BCUT2D eigenvalue weighted by Gasteiger charge is -2.26. The van der Waals surface area contributed by atoms with Crippen LogP contribution in [0.2, 0.25) is 0 Å². The van der Waals surface area contributed by atoms with Gasteiger partial charge in [0.1, 0.15) is 0 Å². The van der Waals surface area contributed by atoms with Crippen LogP contribution in [0.15, 0.2) is 285 Å². The van der Waals surface area contributed by atoms with E-state index in [9.17, 15) is 0 Å². The fourth-order valence-electron chi connectivity index (χ4n) is 15.5. The number of para-hydroxylation sites is 1. The summed E-state index contributed by atoms with van der Waals surface area (Å²) in [5.74, 6) is 0. The van der Waals surface area contributed by atoms with E-state index >= 15 is 0 Å². The van der Waals surface area contributed by atoms with Crippen molar-refractivity contribution in [2.75, 3.05) is 4.90 Å². The number of benzene rings is 13. The molecule has 17 rings (SSSR count). The summed E-state index contributed by atoms with van der Waals surface area (Å²) >= 11 is 0. The van der Waals surface area contributed by atoms with Crippen molar-refractivity contribution >= 4 is 61.2 Å². The first-order valence-electron chi connectivity index (χ1n) is 31.2. The molecule has 0 saturated carbocycles. The van der Waals surface area contributed by atoms with E-state index in [1.807, 2.05) is 0 Å². The quantitative estimate of drug-likeness (QED) is 0.131. The van der Waals surface area contributed by atoms with Crippen molar-refractivity contribution < 1.29 is 0 Å². The number of allylic oxidation sites excluding steroid dienone is 1. The summed E-state index contributed by atoms with van der Waals surface area (Å²) in [6.07, 6.45) is 4.41. The Kier molecular flexibility index (Phi) is 11.8. The molecule has 3 aliphatic carbocycles. The average molecular weight is 1130 g/mol. The molecule has 13 aromatic carbocycles. The predicted octanol–water partition coefficient (Wildman–Crippen LogP) is 23.2. The molecule has 14 aromatic rings. The van der Waals surface area contributed by atoms with Gasteiger partial charge >= 0.3 is 0 Å². The van der Waals surface area contributed by atoms with Crippen molar-refractivity contribution in [1.82, 2.24) is 4.57 Å². The van der Waals surface area contributed by atoms with Crippen LogP contribution in [0, 0.1) is 0 Å². The third-order valence-corrected chi connectivity index (χ3v) is 19.9. The molecule has 0 N–H and O–H groups in total. The van der Waals surface area contributed by atoms with Crippen LogP contribution in [-0.4, -0.2) is 4.57 Å². The van der Waals surface area contributed by atoms with Gasteiger partial charge in [0, 0.05) is 50.2 Å². The summed E-state index contributed by atoms with van der Waals surface area (Å²) in [4.78, 5) is 2.39. The molecule has 1 heterocycles. The molecule has 0 amide bonds. The summed E-state index contributed by atoms with van der Waals surface area (Å²) < 4.78 is 2.55. The van der Waals surface area contributed by atoms with E-state index in [2.05, 4.69) is 328 Å². The number of hydrogen-bond acceptors (Lipinski definition) is 1. The Labute approximate surface area is 515 Å². The summed E-state index contributed by atoms with van der Waals surface area (Å²) in [6, 6.07) is 107. The zero-order valence-electron chi connectivity index (χ0n) is 50.0. The Balaban J connectivity index is 0.760.